The highest BCUT2D eigenvalue weighted by Crippen LogP contribution is 2.36. The van der Waals surface area contributed by atoms with E-state index in [-0.39, 0.29) is 19.4 Å². The van der Waals surface area contributed by atoms with Gasteiger partial charge in [-0.1, -0.05) is 228 Å². The largest absolute Gasteiger partial charge is 0.469 e. The predicted octanol–water partition coefficient (Wildman–Crippen LogP) is 15.4. The van der Waals surface area contributed by atoms with Gasteiger partial charge in [0.2, 0.25) is 0 Å². The summed E-state index contributed by atoms with van der Waals surface area (Å²) in [5, 5.41) is 0. The first-order valence-electron chi connectivity index (χ1n) is 24.2. The van der Waals surface area contributed by atoms with Crippen molar-refractivity contribution >= 4 is 19.8 Å². The van der Waals surface area contributed by atoms with Gasteiger partial charge in [0.05, 0.1) is 6.61 Å². The minimum Gasteiger partial charge on any atom is -0.462 e. The van der Waals surface area contributed by atoms with Crippen LogP contribution in [0.1, 0.15) is 219 Å². The van der Waals surface area contributed by atoms with Crippen molar-refractivity contribution in [1.82, 2.24) is 0 Å². The molecular weight excluding hydrogens is 772 g/mol. The van der Waals surface area contributed by atoms with E-state index in [9.17, 15) is 14.2 Å². The smallest absolute Gasteiger partial charge is 0.462 e. The van der Waals surface area contributed by atoms with Crippen molar-refractivity contribution in [1.29, 1.82) is 0 Å². The molecule has 0 fully saturated rings. The van der Waals surface area contributed by atoms with Crippen LogP contribution in [0.15, 0.2) is 72.9 Å². The van der Waals surface area contributed by atoms with Gasteiger partial charge in [0.1, 0.15) is 6.61 Å². The third-order valence-corrected chi connectivity index (χ3v) is 10.7. The SMILES string of the molecule is CC/C=C/C/C=C/C/C=C/C/C=C/C/C=C/C/C=C/CCC(=O)O[C@H](COC(=O)CCCCCCCCCCCCCCCCCCCCCCCCC)COP(=O)(O)O. The molecule has 0 aromatic carbocycles. The molecule has 0 rings (SSSR count). The van der Waals surface area contributed by atoms with Crippen molar-refractivity contribution in [3.05, 3.63) is 72.9 Å². The lowest BCUT2D eigenvalue weighted by Gasteiger charge is -2.18. The van der Waals surface area contributed by atoms with Crippen molar-refractivity contribution in [2.24, 2.45) is 0 Å². The Labute approximate surface area is 368 Å². The molecule has 0 bridgehead atoms. The number of unbranched alkanes of at least 4 members (excludes halogenated alkanes) is 22. The Bertz CT molecular complexity index is 1200. The molecule has 346 valence electrons. The van der Waals surface area contributed by atoms with Gasteiger partial charge in [-0.2, -0.15) is 0 Å². The maximum absolute atomic E-state index is 12.4. The highest BCUT2D eigenvalue weighted by molar-refractivity contribution is 7.46. The number of rotatable bonds is 44. The summed E-state index contributed by atoms with van der Waals surface area (Å²) in [5.41, 5.74) is 0. The van der Waals surface area contributed by atoms with Crippen molar-refractivity contribution in [2.45, 2.75) is 225 Å². The molecule has 0 radical (unpaired) electrons. The van der Waals surface area contributed by atoms with E-state index in [4.69, 9.17) is 19.3 Å². The van der Waals surface area contributed by atoms with Crippen molar-refractivity contribution in [3.63, 3.8) is 0 Å². The molecule has 9 heteroatoms. The molecule has 0 heterocycles. The molecule has 0 unspecified atom stereocenters. The number of esters is 2. The number of hydrogen-bond donors (Lipinski definition) is 2. The first-order valence-corrected chi connectivity index (χ1v) is 25.8. The van der Waals surface area contributed by atoms with Crippen LogP contribution < -0.4 is 0 Å². The van der Waals surface area contributed by atoms with E-state index in [1.54, 1.807) is 0 Å². The number of allylic oxidation sites excluding steroid dienone is 12. The van der Waals surface area contributed by atoms with E-state index in [2.05, 4.69) is 79.1 Å². The molecular formula is C51H89O8P. The molecule has 0 amide bonds. The molecule has 0 saturated heterocycles. The van der Waals surface area contributed by atoms with E-state index in [0.29, 0.717) is 12.8 Å². The van der Waals surface area contributed by atoms with Gasteiger partial charge in [0.25, 0.3) is 0 Å². The predicted molar refractivity (Wildman–Crippen MR) is 253 cm³/mol. The molecule has 0 saturated carbocycles. The Hall–Kier alpha value is -2.51. The number of phosphoric acid groups is 1. The second-order valence-electron chi connectivity index (χ2n) is 16.1. The fourth-order valence-corrected chi connectivity index (χ4v) is 7.06. The van der Waals surface area contributed by atoms with Gasteiger partial charge in [-0.05, 0) is 51.4 Å². The first-order chi connectivity index (χ1) is 29.3. The average Bonchev–Trinajstić information content (AvgIpc) is 3.22. The van der Waals surface area contributed by atoms with Crippen LogP contribution in [0.2, 0.25) is 0 Å². The molecule has 60 heavy (non-hydrogen) atoms. The Morgan fingerprint density at radius 2 is 0.800 bits per heavy atom. The molecule has 0 aliphatic rings. The van der Waals surface area contributed by atoms with Gasteiger partial charge < -0.3 is 19.3 Å². The Morgan fingerprint density at radius 1 is 0.450 bits per heavy atom. The van der Waals surface area contributed by atoms with Crippen molar-refractivity contribution in [2.75, 3.05) is 13.2 Å². The summed E-state index contributed by atoms with van der Waals surface area (Å²) in [4.78, 5) is 43.0. The van der Waals surface area contributed by atoms with Crippen molar-refractivity contribution in [3.8, 4) is 0 Å². The Kier molecular flexibility index (Phi) is 44.1. The van der Waals surface area contributed by atoms with Gasteiger partial charge in [-0.15, -0.1) is 0 Å². The average molecular weight is 861 g/mol. The van der Waals surface area contributed by atoms with E-state index in [1.165, 1.54) is 128 Å². The van der Waals surface area contributed by atoms with Gasteiger partial charge >= 0.3 is 19.8 Å². The van der Waals surface area contributed by atoms with Gasteiger partial charge in [-0.3, -0.25) is 14.1 Å². The zero-order valence-corrected chi connectivity index (χ0v) is 39.2. The van der Waals surface area contributed by atoms with E-state index in [0.717, 1.165) is 51.4 Å². The maximum Gasteiger partial charge on any atom is 0.469 e. The zero-order chi connectivity index (χ0) is 43.9. The number of hydrogen-bond acceptors (Lipinski definition) is 6. The molecule has 0 aromatic heterocycles. The van der Waals surface area contributed by atoms with Crippen LogP contribution >= 0.6 is 7.82 Å². The van der Waals surface area contributed by atoms with E-state index in [1.807, 2.05) is 12.2 Å². The van der Waals surface area contributed by atoms with Crippen LogP contribution in [0.3, 0.4) is 0 Å². The highest BCUT2D eigenvalue weighted by atomic mass is 31.2. The number of carbonyl (C=O) groups excluding carboxylic acids is 2. The normalized spacial score (nSPS) is 13.1. The lowest BCUT2D eigenvalue weighted by molar-refractivity contribution is -0.161. The van der Waals surface area contributed by atoms with Crippen LogP contribution in [0.25, 0.3) is 0 Å². The summed E-state index contributed by atoms with van der Waals surface area (Å²) in [5.74, 6) is -0.978. The standard InChI is InChI=1S/C51H89O8P/c1-3-5-7-9-11-13-15-17-19-21-23-24-25-26-28-29-31-33-35-37-39-41-43-45-50(52)57-47-49(48-58-60(54,55)56)59-51(53)46-44-42-40-38-36-34-32-30-27-22-20-18-16-14-12-10-8-6-4-2/h6,8,12,14,18,20,27,30,34,36,40,42,49H,3-5,7,9-11,13,15-17,19,21-26,28-29,31-33,35,37-39,41,43-48H2,1-2H3,(H2,54,55,56)/b8-6+,14-12+,20-18+,30-27+,36-34+,42-40+/t49-/m1/s1. The van der Waals surface area contributed by atoms with Crippen LogP contribution in [0.4, 0.5) is 0 Å². The molecule has 8 nitrogen and oxygen atoms in total. The molecule has 2 N–H and O–H groups in total. The van der Waals surface area contributed by atoms with Gasteiger partial charge in [-0.25, -0.2) is 4.57 Å². The van der Waals surface area contributed by atoms with E-state index >= 15 is 0 Å². The van der Waals surface area contributed by atoms with Gasteiger partial charge in [0.15, 0.2) is 6.10 Å². The minimum absolute atomic E-state index is 0.0853. The molecule has 0 aliphatic heterocycles. The fourth-order valence-electron chi connectivity index (χ4n) is 6.69. The van der Waals surface area contributed by atoms with Crippen LogP contribution in [-0.4, -0.2) is 41.0 Å². The van der Waals surface area contributed by atoms with Crippen LogP contribution in [0, 0.1) is 0 Å². The Morgan fingerprint density at radius 3 is 1.17 bits per heavy atom. The third kappa shape index (κ3) is 48.2. The molecule has 0 aliphatic carbocycles. The fraction of sp³-hybridized carbons (Fsp3) is 0.725. The van der Waals surface area contributed by atoms with Crippen LogP contribution in [-0.2, 0) is 28.2 Å². The minimum atomic E-state index is -4.78. The quantitative estimate of drug-likeness (QED) is 0.0269. The lowest BCUT2D eigenvalue weighted by Crippen LogP contribution is -2.29. The summed E-state index contributed by atoms with van der Waals surface area (Å²) < 4.78 is 26.4. The summed E-state index contributed by atoms with van der Waals surface area (Å²) in [6.45, 7) is 3.54. The molecule has 0 spiro atoms. The van der Waals surface area contributed by atoms with E-state index < -0.39 is 32.5 Å². The summed E-state index contributed by atoms with van der Waals surface area (Å²) in [6.07, 6.45) is 60.8. The van der Waals surface area contributed by atoms with Gasteiger partial charge in [0, 0.05) is 12.8 Å². The summed E-state index contributed by atoms with van der Waals surface area (Å²) in [7, 11) is -4.78. The highest BCUT2D eigenvalue weighted by Gasteiger charge is 2.22. The van der Waals surface area contributed by atoms with Crippen molar-refractivity contribution < 1.29 is 37.9 Å². The monoisotopic (exact) mass is 861 g/mol. The molecule has 0 aromatic rings. The topological polar surface area (TPSA) is 119 Å². The maximum atomic E-state index is 12.4. The third-order valence-electron chi connectivity index (χ3n) is 10.3. The second kappa shape index (κ2) is 46.0. The lowest BCUT2D eigenvalue weighted by atomic mass is 10.0. The number of carbonyl (C=O) groups is 2. The number of phosphoric ester groups is 1. The van der Waals surface area contributed by atoms with Crippen LogP contribution in [0.5, 0.6) is 0 Å². The summed E-state index contributed by atoms with van der Waals surface area (Å²) in [6, 6.07) is 0. The Balaban J connectivity index is 3.92. The zero-order valence-electron chi connectivity index (χ0n) is 38.3. The first kappa shape index (κ1) is 57.5. The molecule has 1 atom stereocenters. The second-order valence-corrected chi connectivity index (χ2v) is 17.3. The number of ether oxygens (including phenoxy) is 2. The summed E-state index contributed by atoms with van der Waals surface area (Å²) >= 11 is 0.